The summed E-state index contributed by atoms with van der Waals surface area (Å²) in [5.41, 5.74) is 2.54. The summed E-state index contributed by atoms with van der Waals surface area (Å²) in [4.78, 5) is 0. The van der Waals surface area contributed by atoms with Gasteiger partial charge in [0.15, 0.2) is 23.3 Å². The molecule has 3 aliphatic carbocycles. The van der Waals surface area contributed by atoms with E-state index in [1.54, 1.807) is 18.2 Å². The number of halogens is 5. The second kappa shape index (κ2) is 12.1. The van der Waals surface area contributed by atoms with Crippen molar-refractivity contribution in [2.24, 2.45) is 11.8 Å². The van der Waals surface area contributed by atoms with E-state index in [0.29, 0.717) is 34.1 Å². The maximum Gasteiger partial charge on any atom is 0.167 e. The van der Waals surface area contributed by atoms with Gasteiger partial charge in [-0.2, -0.15) is 0 Å². The zero-order valence-corrected chi connectivity index (χ0v) is 24.8. The number of fused-ring (bicyclic) bond motifs is 4. The lowest BCUT2D eigenvalue weighted by molar-refractivity contribution is 0.301. The molecular formula is C37H41F5. The van der Waals surface area contributed by atoms with Gasteiger partial charge in [0, 0.05) is 11.1 Å². The van der Waals surface area contributed by atoms with Crippen LogP contribution in [0.2, 0.25) is 0 Å². The van der Waals surface area contributed by atoms with Crippen molar-refractivity contribution in [1.82, 2.24) is 0 Å². The second-order valence-electron chi connectivity index (χ2n) is 13.2. The highest BCUT2D eigenvalue weighted by molar-refractivity contribution is 6.03. The predicted octanol–water partition coefficient (Wildman–Crippen LogP) is 11.6. The smallest absolute Gasteiger partial charge is 0.167 e. The maximum absolute atomic E-state index is 15.8. The van der Waals surface area contributed by atoms with Crippen LogP contribution in [0.4, 0.5) is 22.0 Å². The van der Waals surface area contributed by atoms with Crippen LogP contribution in [0.3, 0.4) is 0 Å². The normalized spacial score (nSPS) is 23.3. The van der Waals surface area contributed by atoms with Gasteiger partial charge in [-0.25, -0.2) is 22.0 Å². The number of aryl methyl sites for hydroxylation is 2. The van der Waals surface area contributed by atoms with E-state index >= 15 is 22.0 Å². The van der Waals surface area contributed by atoms with Crippen LogP contribution >= 0.6 is 0 Å². The molecule has 0 bridgehead atoms. The van der Waals surface area contributed by atoms with Crippen LogP contribution in [0.1, 0.15) is 119 Å². The molecule has 2 saturated carbocycles. The molecule has 6 rings (SSSR count). The van der Waals surface area contributed by atoms with Gasteiger partial charge in [-0.05, 0) is 114 Å². The fraction of sp³-hybridized carbons (Fsp3) is 0.514. The number of rotatable bonds is 8. The van der Waals surface area contributed by atoms with Crippen molar-refractivity contribution < 1.29 is 22.0 Å². The first-order valence-corrected chi connectivity index (χ1v) is 16.1. The van der Waals surface area contributed by atoms with Crippen molar-refractivity contribution in [2.75, 3.05) is 0 Å². The summed E-state index contributed by atoms with van der Waals surface area (Å²) in [7, 11) is 0. The topological polar surface area (TPSA) is 0 Å². The molecule has 0 spiro atoms. The van der Waals surface area contributed by atoms with Gasteiger partial charge in [0.05, 0.1) is 0 Å². The van der Waals surface area contributed by atoms with E-state index in [0.717, 1.165) is 51.4 Å². The van der Waals surface area contributed by atoms with Crippen LogP contribution in [0.15, 0.2) is 30.3 Å². The minimum Gasteiger partial charge on any atom is -0.206 e. The van der Waals surface area contributed by atoms with E-state index in [9.17, 15) is 0 Å². The lowest BCUT2D eigenvalue weighted by Crippen LogP contribution is -2.16. The third-order valence-electron chi connectivity index (χ3n) is 10.6. The average Bonchev–Trinajstić information content (AvgIpc) is 2.99. The SMILES string of the molecule is CCCCC1CCC(c2ccc3c(c2F)-c2c-3cc(CCc3ccc(C4CCC(C)CC4)c(F)c3F)c(F)c2F)CC1. The highest BCUT2D eigenvalue weighted by Gasteiger charge is 2.35. The van der Waals surface area contributed by atoms with E-state index in [-0.39, 0.29) is 46.9 Å². The third-order valence-corrected chi connectivity index (χ3v) is 10.6. The summed E-state index contributed by atoms with van der Waals surface area (Å²) >= 11 is 0. The summed E-state index contributed by atoms with van der Waals surface area (Å²) in [5.74, 6) is -2.78. The zero-order chi connectivity index (χ0) is 29.5. The highest BCUT2D eigenvalue weighted by atomic mass is 19.2. The summed E-state index contributed by atoms with van der Waals surface area (Å²) < 4.78 is 76.5. The molecule has 0 aromatic heterocycles. The molecule has 3 aromatic rings. The van der Waals surface area contributed by atoms with Gasteiger partial charge in [0.25, 0.3) is 0 Å². The van der Waals surface area contributed by atoms with Gasteiger partial charge < -0.3 is 0 Å². The maximum atomic E-state index is 15.8. The summed E-state index contributed by atoms with van der Waals surface area (Å²) in [6.07, 6.45) is 11.4. The molecule has 0 heterocycles. The first-order chi connectivity index (χ1) is 20.3. The van der Waals surface area contributed by atoms with Gasteiger partial charge in [0.1, 0.15) is 5.82 Å². The van der Waals surface area contributed by atoms with Crippen LogP contribution in [-0.4, -0.2) is 0 Å². The fourth-order valence-electron chi connectivity index (χ4n) is 7.84. The summed E-state index contributed by atoms with van der Waals surface area (Å²) in [6.45, 7) is 4.38. The molecule has 3 aliphatic rings. The Bertz CT molecular complexity index is 1460. The Balaban J connectivity index is 1.18. The Kier molecular flexibility index (Phi) is 8.49. The molecule has 0 nitrogen and oxygen atoms in total. The summed E-state index contributed by atoms with van der Waals surface area (Å²) in [6, 6.07) is 8.46. The zero-order valence-electron chi connectivity index (χ0n) is 24.8. The van der Waals surface area contributed by atoms with Gasteiger partial charge in [-0.15, -0.1) is 0 Å². The predicted molar refractivity (Wildman–Crippen MR) is 159 cm³/mol. The molecule has 0 N–H and O–H groups in total. The lowest BCUT2D eigenvalue weighted by atomic mass is 9.73. The monoisotopic (exact) mass is 580 g/mol. The van der Waals surface area contributed by atoms with Crippen molar-refractivity contribution in [2.45, 2.75) is 109 Å². The van der Waals surface area contributed by atoms with E-state index in [2.05, 4.69) is 13.8 Å². The first kappa shape index (κ1) is 29.4. The van der Waals surface area contributed by atoms with Crippen LogP contribution in [0.25, 0.3) is 22.3 Å². The second-order valence-corrected chi connectivity index (χ2v) is 13.2. The van der Waals surface area contributed by atoms with E-state index in [1.165, 1.54) is 19.3 Å². The number of unbranched alkanes of at least 4 members (excludes halogenated alkanes) is 1. The molecule has 0 amide bonds. The van der Waals surface area contributed by atoms with E-state index in [1.807, 2.05) is 12.1 Å². The standard InChI is InChI=1S/C37H41F5/c1-3-4-5-22-8-12-24(13-9-22)27-18-19-29-30-20-26(34(39)37(42)32(30)31(29)35(27)40)15-14-25-16-17-28(36(41)33(25)38)23-10-6-21(2)7-11-23/h16-24H,3-15H2,1-2H3. The molecule has 2 fully saturated rings. The molecule has 0 unspecified atom stereocenters. The molecule has 0 aliphatic heterocycles. The highest BCUT2D eigenvalue weighted by Crippen LogP contribution is 2.53. The van der Waals surface area contributed by atoms with Gasteiger partial charge in [-0.1, -0.05) is 70.2 Å². The quantitative estimate of drug-likeness (QED) is 0.182. The van der Waals surface area contributed by atoms with E-state index in [4.69, 9.17) is 0 Å². The van der Waals surface area contributed by atoms with Crippen molar-refractivity contribution in [1.29, 1.82) is 0 Å². The van der Waals surface area contributed by atoms with Crippen molar-refractivity contribution in [3.63, 3.8) is 0 Å². The number of benzene rings is 3. The van der Waals surface area contributed by atoms with Crippen molar-refractivity contribution in [3.05, 3.63) is 81.7 Å². The minimum atomic E-state index is -1.05. The molecule has 0 saturated heterocycles. The van der Waals surface area contributed by atoms with Crippen molar-refractivity contribution in [3.8, 4) is 22.3 Å². The molecule has 0 atom stereocenters. The van der Waals surface area contributed by atoms with Crippen LogP contribution in [-0.2, 0) is 12.8 Å². The van der Waals surface area contributed by atoms with Gasteiger partial charge >= 0.3 is 0 Å². The molecule has 42 heavy (non-hydrogen) atoms. The van der Waals surface area contributed by atoms with Crippen molar-refractivity contribution >= 4 is 0 Å². The lowest BCUT2D eigenvalue weighted by Gasteiger charge is -2.32. The molecule has 0 radical (unpaired) electrons. The molecule has 224 valence electrons. The number of hydrogen-bond donors (Lipinski definition) is 0. The largest absolute Gasteiger partial charge is 0.206 e. The Morgan fingerprint density at radius 2 is 1.17 bits per heavy atom. The van der Waals surface area contributed by atoms with Crippen LogP contribution in [0.5, 0.6) is 0 Å². The third kappa shape index (κ3) is 5.30. The average molecular weight is 581 g/mol. The van der Waals surface area contributed by atoms with Gasteiger partial charge in [-0.3, -0.25) is 0 Å². The number of hydrogen-bond acceptors (Lipinski definition) is 0. The Labute approximate surface area is 246 Å². The molecule has 3 aromatic carbocycles. The fourth-order valence-corrected chi connectivity index (χ4v) is 7.84. The van der Waals surface area contributed by atoms with E-state index < -0.39 is 29.1 Å². The molecule has 5 heteroatoms. The molecular weight excluding hydrogens is 539 g/mol. The summed E-state index contributed by atoms with van der Waals surface area (Å²) in [5, 5.41) is 0. The first-order valence-electron chi connectivity index (χ1n) is 16.1. The minimum absolute atomic E-state index is 0.00519. The van der Waals surface area contributed by atoms with Crippen LogP contribution in [0, 0.1) is 40.9 Å². The Morgan fingerprint density at radius 3 is 1.86 bits per heavy atom. The van der Waals surface area contributed by atoms with Gasteiger partial charge in [0.2, 0.25) is 0 Å². The Hall–Kier alpha value is -2.69. The Morgan fingerprint density at radius 1 is 0.595 bits per heavy atom. The van der Waals surface area contributed by atoms with Crippen LogP contribution < -0.4 is 0 Å².